The highest BCUT2D eigenvalue weighted by atomic mass is 19.2. The number of ether oxygens (including phenoxy) is 1. The van der Waals surface area contributed by atoms with Gasteiger partial charge in [0.15, 0.2) is 11.6 Å². The van der Waals surface area contributed by atoms with Gasteiger partial charge >= 0.3 is 0 Å². The summed E-state index contributed by atoms with van der Waals surface area (Å²) in [5, 5.41) is 2.79. The number of hydrogen-bond acceptors (Lipinski definition) is 3. The molecule has 1 N–H and O–H groups in total. The smallest absolute Gasteiger partial charge is 0.251 e. The molecule has 132 valence electrons. The van der Waals surface area contributed by atoms with Gasteiger partial charge in [0.2, 0.25) is 0 Å². The van der Waals surface area contributed by atoms with E-state index >= 15 is 0 Å². The molecule has 25 heavy (non-hydrogen) atoms. The molecular formula is C19H20F2N2O2. The van der Waals surface area contributed by atoms with Crippen molar-refractivity contribution in [2.75, 3.05) is 27.2 Å². The van der Waals surface area contributed by atoms with Gasteiger partial charge < -0.3 is 15.0 Å². The quantitative estimate of drug-likeness (QED) is 0.905. The Morgan fingerprint density at radius 1 is 1.20 bits per heavy atom. The van der Waals surface area contributed by atoms with Crippen LogP contribution in [0.5, 0.6) is 5.75 Å². The Morgan fingerprint density at radius 2 is 2.00 bits per heavy atom. The molecule has 0 aromatic heterocycles. The lowest BCUT2D eigenvalue weighted by Crippen LogP contribution is -2.34. The Balaban J connectivity index is 1.72. The monoisotopic (exact) mass is 346 g/mol. The number of carbonyl (C=O) groups excluding carboxylic acids is 1. The minimum atomic E-state index is -1.03. The van der Waals surface area contributed by atoms with E-state index in [1.165, 1.54) is 6.07 Å². The van der Waals surface area contributed by atoms with E-state index in [2.05, 4.69) is 11.4 Å². The number of rotatable bonds is 5. The summed E-state index contributed by atoms with van der Waals surface area (Å²) in [5.41, 5.74) is 2.33. The van der Waals surface area contributed by atoms with Gasteiger partial charge in [-0.1, -0.05) is 12.1 Å². The molecule has 0 fully saturated rings. The van der Waals surface area contributed by atoms with Crippen LogP contribution in [0.1, 0.15) is 27.5 Å². The van der Waals surface area contributed by atoms with Gasteiger partial charge in [-0.05, 0) is 49.5 Å². The normalized spacial score (nSPS) is 14.1. The second-order valence-electron chi connectivity index (χ2n) is 6.28. The second-order valence-corrected chi connectivity index (χ2v) is 6.28. The maximum absolute atomic E-state index is 13.3. The van der Waals surface area contributed by atoms with Crippen molar-refractivity contribution in [1.82, 2.24) is 10.2 Å². The average molecular weight is 346 g/mol. The molecular weight excluding hydrogens is 326 g/mol. The van der Waals surface area contributed by atoms with Gasteiger partial charge in [0, 0.05) is 18.5 Å². The zero-order chi connectivity index (χ0) is 18.0. The van der Waals surface area contributed by atoms with E-state index in [1.54, 1.807) is 0 Å². The first kappa shape index (κ1) is 17.4. The van der Waals surface area contributed by atoms with Crippen LogP contribution >= 0.6 is 0 Å². The molecule has 1 atom stereocenters. The van der Waals surface area contributed by atoms with Crippen molar-refractivity contribution in [3.8, 4) is 5.75 Å². The first-order valence-electron chi connectivity index (χ1n) is 8.11. The maximum atomic E-state index is 13.3. The largest absolute Gasteiger partial charge is 0.493 e. The first-order chi connectivity index (χ1) is 12.0. The Kier molecular flexibility index (Phi) is 4.99. The SMILES string of the molecule is CN(C)C(CNC(=O)c1ccc(F)c(F)c1)c1ccc2c(c1)CCO2. The van der Waals surface area contributed by atoms with Crippen LogP contribution in [-0.4, -0.2) is 38.1 Å². The molecule has 1 heterocycles. The van der Waals surface area contributed by atoms with Gasteiger partial charge in [-0.2, -0.15) is 0 Å². The van der Waals surface area contributed by atoms with Crippen LogP contribution in [0, 0.1) is 11.6 Å². The van der Waals surface area contributed by atoms with Gasteiger partial charge in [0.05, 0.1) is 12.6 Å². The van der Waals surface area contributed by atoms with Crippen LogP contribution in [0.25, 0.3) is 0 Å². The molecule has 1 aliphatic rings. The predicted molar refractivity (Wildman–Crippen MR) is 90.8 cm³/mol. The molecule has 1 aliphatic heterocycles. The van der Waals surface area contributed by atoms with Crippen LogP contribution < -0.4 is 10.1 Å². The molecule has 0 bridgehead atoms. The van der Waals surface area contributed by atoms with Crippen LogP contribution in [-0.2, 0) is 6.42 Å². The summed E-state index contributed by atoms with van der Waals surface area (Å²) in [6, 6.07) is 9.11. The Bertz CT molecular complexity index is 793. The molecule has 0 saturated carbocycles. The number of carbonyl (C=O) groups is 1. The fourth-order valence-electron chi connectivity index (χ4n) is 2.94. The summed E-state index contributed by atoms with van der Waals surface area (Å²) >= 11 is 0. The number of hydrogen-bond donors (Lipinski definition) is 1. The zero-order valence-electron chi connectivity index (χ0n) is 14.2. The molecule has 4 nitrogen and oxygen atoms in total. The molecule has 2 aromatic carbocycles. The lowest BCUT2D eigenvalue weighted by atomic mass is 10.0. The Morgan fingerprint density at radius 3 is 2.72 bits per heavy atom. The number of fused-ring (bicyclic) bond motifs is 1. The second kappa shape index (κ2) is 7.19. The van der Waals surface area contributed by atoms with Crippen molar-refractivity contribution in [2.45, 2.75) is 12.5 Å². The Hall–Kier alpha value is -2.47. The van der Waals surface area contributed by atoms with Gasteiger partial charge in [0.25, 0.3) is 5.91 Å². The minimum Gasteiger partial charge on any atom is -0.493 e. The number of nitrogens with zero attached hydrogens (tertiary/aromatic N) is 1. The zero-order valence-corrected chi connectivity index (χ0v) is 14.2. The van der Waals surface area contributed by atoms with Crippen LogP contribution in [0.3, 0.4) is 0 Å². The molecule has 0 aliphatic carbocycles. The minimum absolute atomic E-state index is 0.0415. The van der Waals surface area contributed by atoms with Gasteiger partial charge in [-0.25, -0.2) is 8.78 Å². The predicted octanol–water partition coefficient (Wildman–Crippen LogP) is 2.93. The van der Waals surface area contributed by atoms with Crippen LogP contribution in [0.15, 0.2) is 36.4 Å². The van der Waals surface area contributed by atoms with E-state index in [-0.39, 0.29) is 11.6 Å². The number of nitrogens with one attached hydrogen (secondary N) is 1. The van der Waals surface area contributed by atoms with Crippen molar-refractivity contribution < 1.29 is 18.3 Å². The highest BCUT2D eigenvalue weighted by molar-refractivity contribution is 5.94. The standard InChI is InChI=1S/C19H20F2N2O2/c1-23(2)17(12-4-6-18-13(9-12)7-8-25-18)11-22-19(24)14-3-5-15(20)16(21)10-14/h3-6,9-10,17H,7-8,11H2,1-2H3,(H,22,24). The lowest BCUT2D eigenvalue weighted by Gasteiger charge is -2.25. The fraction of sp³-hybridized carbons (Fsp3) is 0.316. The molecule has 1 unspecified atom stereocenters. The third kappa shape index (κ3) is 3.79. The van der Waals surface area contributed by atoms with Gasteiger partial charge in [-0.3, -0.25) is 4.79 Å². The molecule has 3 rings (SSSR count). The summed E-state index contributed by atoms with van der Waals surface area (Å²) in [6.45, 7) is 1.04. The number of likely N-dealkylation sites (N-methyl/N-ethyl adjacent to an activating group) is 1. The van der Waals surface area contributed by atoms with Crippen LogP contribution in [0.4, 0.5) is 8.78 Å². The van der Waals surface area contributed by atoms with Crippen molar-refractivity contribution in [1.29, 1.82) is 0 Å². The molecule has 6 heteroatoms. The Labute approximate surface area is 145 Å². The van der Waals surface area contributed by atoms with Crippen molar-refractivity contribution >= 4 is 5.91 Å². The molecule has 0 radical (unpaired) electrons. The summed E-state index contributed by atoms with van der Waals surface area (Å²) in [5.74, 6) is -1.53. The fourth-order valence-corrected chi connectivity index (χ4v) is 2.94. The van der Waals surface area contributed by atoms with E-state index in [0.717, 1.165) is 35.4 Å². The number of benzene rings is 2. The molecule has 1 amide bonds. The summed E-state index contributed by atoms with van der Waals surface area (Å²) < 4.78 is 31.8. The summed E-state index contributed by atoms with van der Waals surface area (Å²) in [7, 11) is 3.86. The topological polar surface area (TPSA) is 41.6 Å². The highest BCUT2D eigenvalue weighted by Gasteiger charge is 2.20. The van der Waals surface area contributed by atoms with Gasteiger partial charge in [-0.15, -0.1) is 0 Å². The van der Waals surface area contributed by atoms with Crippen molar-refractivity contribution in [3.05, 3.63) is 64.7 Å². The van der Waals surface area contributed by atoms with Gasteiger partial charge in [0.1, 0.15) is 5.75 Å². The lowest BCUT2D eigenvalue weighted by molar-refractivity contribution is 0.0941. The summed E-state index contributed by atoms with van der Waals surface area (Å²) in [6.07, 6.45) is 0.880. The number of halogens is 2. The molecule has 2 aromatic rings. The molecule has 0 spiro atoms. The first-order valence-corrected chi connectivity index (χ1v) is 8.11. The summed E-state index contributed by atoms with van der Waals surface area (Å²) in [4.78, 5) is 14.2. The van der Waals surface area contributed by atoms with Crippen molar-refractivity contribution in [2.24, 2.45) is 0 Å². The third-order valence-corrected chi connectivity index (χ3v) is 4.36. The number of amides is 1. The highest BCUT2D eigenvalue weighted by Crippen LogP contribution is 2.29. The van der Waals surface area contributed by atoms with Crippen molar-refractivity contribution in [3.63, 3.8) is 0 Å². The molecule has 0 saturated heterocycles. The van der Waals surface area contributed by atoms with E-state index < -0.39 is 17.5 Å². The maximum Gasteiger partial charge on any atom is 0.251 e. The van der Waals surface area contributed by atoms with E-state index in [1.807, 2.05) is 31.1 Å². The van der Waals surface area contributed by atoms with Crippen LogP contribution in [0.2, 0.25) is 0 Å². The van der Waals surface area contributed by atoms with E-state index in [0.29, 0.717) is 13.2 Å². The third-order valence-electron chi connectivity index (χ3n) is 4.36. The van der Waals surface area contributed by atoms with E-state index in [9.17, 15) is 13.6 Å². The van der Waals surface area contributed by atoms with E-state index in [4.69, 9.17) is 4.74 Å². The average Bonchev–Trinajstić information content (AvgIpc) is 3.04.